The minimum absolute atomic E-state index is 0.0725. The molecular weight excluding hydrogens is 369 g/mol. The van der Waals surface area contributed by atoms with E-state index in [2.05, 4.69) is 4.74 Å². The zero-order chi connectivity index (χ0) is 19.6. The highest BCUT2D eigenvalue weighted by Crippen LogP contribution is 2.33. The lowest BCUT2D eigenvalue weighted by atomic mass is 10.0. The molecule has 0 atom stereocenters. The molecule has 3 aromatic rings. The molecule has 0 aliphatic rings. The molecule has 1 N–H and O–H groups in total. The number of carboxylic acid groups (broad SMARTS) is 1. The van der Waals surface area contributed by atoms with Crippen LogP contribution in [0.25, 0.3) is 22.1 Å². The Kier molecular flexibility index (Phi) is 4.76. The van der Waals surface area contributed by atoms with Crippen molar-refractivity contribution in [2.45, 2.75) is 6.36 Å². The number of benzene rings is 2. The second-order valence-electron chi connectivity index (χ2n) is 5.37. The standard InChI is InChI=1S/C18H11F3O6/c19-18(20,21)27-14-4-2-1-3-12(14)13-7-10-5-6-11(25-9-16(22)23)8-15(10)26-17(13)24/h1-8H,9H2,(H,22,23). The second kappa shape index (κ2) is 7.02. The van der Waals surface area contributed by atoms with E-state index in [1.165, 1.54) is 42.5 Å². The van der Waals surface area contributed by atoms with Gasteiger partial charge in [0.05, 0.1) is 5.56 Å². The molecule has 0 aliphatic heterocycles. The van der Waals surface area contributed by atoms with Crippen LogP contribution >= 0.6 is 0 Å². The van der Waals surface area contributed by atoms with Crippen molar-refractivity contribution in [1.82, 2.24) is 0 Å². The summed E-state index contributed by atoms with van der Waals surface area (Å²) < 4.78 is 51.9. The van der Waals surface area contributed by atoms with E-state index >= 15 is 0 Å². The highest BCUT2D eigenvalue weighted by atomic mass is 19.4. The first-order valence-corrected chi connectivity index (χ1v) is 7.50. The van der Waals surface area contributed by atoms with E-state index in [0.29, 0.717) is 5.39 Å². The molecule has 1 aromatic heterocycles. The van der Waals surface area contributed by atoms with Gasteiger partial charge >= 0.3 is 18.0 Å². The summed E-state index contributed by atoms with van der Waals surface area (Å²) in [4.78, 5) is 22.8. The average Bonchev–Trinajstić information content (AvgIpc) is 2.58. The summed E-state index contributed by atoms with van der Waals surface area (Å²) in [5.41, 5.74) is -0.963. The number of hydrogen-bond acceptors (Lipinski definition) is 5. The molecule has 0 aliphatic carbocycles. The van der Waals surface area contributed by atoms with Crippen molar-refractivity contribution in [3.05, 3.63) is 59.0 Å². The number of fused-ring (bicyclic) bond motifs is 1. The van der Waals surface area contributed by atoms with Crippen LogP contribution in [0.5, 0.6) is 11.5 Å². The fourth-order valence-corrected chi connectivity index (χ4v) is 2.42. The van der Waals surface area contributed by atoms with E-state index in [-0.39, 0.29) is 22.5 Å². The van der Waals surface area contributed by atoms with E-state index < -0.39 is 30.3 Å². The van der Waals surface area contributed by atoms with Crippen LogP contribution in [0.4, 0.5) is 13.2 Å². The molecule has 0 saturated heterocycles. The highest BCUT2D eigenvalue weighted by Gasteiger charge is 2.32. The molecule has 0 spiro atoms. The van der Waals surface area contributed by atoms with E-state index in [4.69, 9.17) is 14.3 Å². The molecule has 140 valence electrons. The van der Waals surface area contributed by atoms with E-state index in [1.807, 2.05) is 0 Å². The lowest BCUT2D eigenvalue weighted by Gasteiger charge is -2.13. The van der Waals surface area contributed by atoms with Crippen LogP contribution < -0.4 is 15.1 Å². The molecule has 0 saturated carbocycles. The normalized spacial score (nSPS) is 11.4. The van der Waals surface area contributed by atoms with Crippen LogP contribution in [0.1, 0.15) is 0 Å². The fourth-order valence-electron chi connectivity index (χ4n) is 2.42. The number of hydrogen-bond donors (Lipinski definition) is 1. The Morgan fingerprint density at radius 1 is 1.07 bits per heavy atom. The average molecular weight is 380 g/mol. The number of carboxylic acids is 1. The van der Waals surface area contributed by atoms with Crippen molar-refractivity contribution in [3.8, 4) is 22.6 Å². The molecule has 9 heteroatoms. The Balaban J connectivity index is 2.04. The van der Waals surface area contributed by atoms with Gasteiger partial charge in [0, 0.05) is 17.0 Å². The largest absolute Gasteiger partial charge is 0.573 e. The third-order valence-electron chi connectivity index (χ3n) is 3.47. The van der Waals surface area contributed by atoms with Gasteiger partial charge in [0.1, 0.15) is 17.1 Å². The number of alkyl halides is 3. The Labute approximate surface area is 149 Å². The lowest BCUT2D eigenvalue weighted by Crippen LogP contribution is -2.18. The second-order valence-corrected chi connectivity index (χ2v) is 5.37. The van der Waals surface area contributed by atoms with E-state index in [0.717, 1.165) is 6.07 Å². The monoisotopic (exact) mass is 380 g/mol. The molecular formula is C18H11F3O6. The summed E-state index contributed by atoms with van der Waals surface area (Å²) in [5.74, 6) is -1.53. The number of para-hydroxylation sites is 1. The summed E-state index contributed by atoms with van der Waals surface area (Å²) in [6.07, 6.45) is -4.91. The summed E-state index contributed by atoms with van der Waals surface area (Å²) in [7, 11) is 0. The van der Waals surface area contributed by atoms with Gasteiger partial charge in [-0.3, -0.25) is 0 Å². The zero-order valence-electron chi connectivity index (χ0n) is 13.4. The van der Waals surface area contributed by atoms with Crippen LogP contribution in [-0.4, -0.2) is 24.0 Å². The third-order valence-corrected chi connectivity index (χ3v) is 3.47. The van der Waals surface area contributed by atoms with Crippen LogP contribution in [0.15, 0.2) is 57.7 Å². The minimum atomic E-state index is -4.91. The quantitative estimate of drug-likeness (QED) is 0.678. The van der Waals surface area contributed by atoms with Crippen molar-refractivity contribution < 1.29 is 37.0 Å². The van der Waals surface area contributed by atoms with Crippen molar-refractivity contribution >= 4 is 16.9 Å². The minimum Gasteiger partial charge on any atom is -0.482 e. The number of carbonyl (C=O) groups is 1. The van der Waals surface area contributed by atoms with Gasteiger partial charge in [-0.15, -0.1) is 13.2 Å². The van der Waals surface area contributed by atoms with Crippen molar-refractivity contribution in [2.24, 2.45) is 0 Å². The van der Waals surface area contributed by atoms with Crippen molar-refractivity contribution in [2.75, 3.05) is 6.61 Å². The Morgan fingerprint density at radius 3 is 2.52 bits per heavy atom. The van der Waals surface area contributed by atoms with Gasteiger partial charge < -0.3 is 19.0 Å². The Morgan fingerprint density at radius 2 is 1.81 bits per heavy atom. The number of aliphatic carboxylic acids is 1. The highest BCUT2D eigenvalue weighted by molar-refractivity contribution is 5.84. The number of rotatable bonds is 5. The molecule has 27 heavy (non-hydrogen) atoms. The van der Waals surface area contributed by atoms with E-state index in [9.17, 15) is 22.8 Å². The van der Waals surface area contributed by atoms with Gasteiger partial charge in [-0.25, -0.2) is 9.59 Å². The van der Waals surface area contributed by atoms with Gasteiger partial charge in [0.15, 0.2) is 6.61 Å². The van der Waals surface area contributed by atoms with Crippen molar-refractivity contribution in [3.63, 3.8) is 0 Å². The summed E-state index contributed by atoms with van der Waals surface area (Å²) >= 11 is 0. The Bertz CT molecular complexity index is 1050. The summed E-state index contributed by atoms with van der Waals surface area (Å²) in [6.45, 7) is -0.573. The smallest absolute Gasteiger partial charge is 0.482 e. The number of ether oxygens (including phenoxy) is 2. The first-order valence-electron chi connectivity index (χ1n) is 7.50. The molecule has 0 unspecified atom stereocenters. The van der Waals surface area contributed by atoms with Gasteiger partial charge in [0.2, 0.25) is 0 Å². The van der Waals surface area contributed by atoms with Gasteiger partial charge in [-0.1, -0.05) is 18.2 Å². The maximum absolute atomic E-state index is 12.6. The molecule has 0 fully saturated rings. The van der Waals surface area contributed by atoms with Gasteiger partial charge in [-0.2, -0.15) is 0 Å². The predicted molar refractivity (Wildman–Crippen MR) is 87.7 cm³/mol. The fraction of sp³-hybridized carbons (Fsp3) is 0.111. The predicted octanol–water partition coefficient (Wildman–Crippen LogP) is 3.82. The summed E-state index contributed by atoms with van der Waals surface area (Å²) in [5, 5.41) is 9.02. The van der Waals surface area contributed by atoms with Crippen molar-refractivity contribution in [1.29, 1.82) is 0 Å². The van der Waals surface area contributed by atoms with Crippen LogP contribution in [0.2, 0.25) is 0 Å². The summed E-state index contributed by atoms with van der Waals surface area (Å²) in [6, 6.07) is 10.8. The first-order chi connectivity index (χ1) is 12.7. The lowest BCUT2D eigenvalue weighted by molar-refractivity contribution is -0.274. The zero-order valence-corrected chi connectivity index (χ0v) is 13.4. The Hall–Kier alpha value is -3.49. The maximum Gasteiger partial charge on any atom is 0.573 e. The van der Waals surface area contributed by atoms with E-state index in [1.54, 1.807) is 0 Å². The maximum atomic E-state index is 12.6. The van der Waals surface area contributed by atoms with Crippen LogP contribution in [0.3, 0.4) is 0 Å². The molecule has 0 bridgehead atoms. The first kappa shape index (κ1) is 18.3. The molecule has 0 radical (unpaired) electrons. The topological polar surface area (TPSA) is 86.0 Å². The molecule has 0 amide bonds. The molecule has 3 rings (SSSR count). The SMILES string of the molecule is O=C(O)COc1ccc2cc(-c3ccccc3OC(F)(F)F)c(=O)oc2c1. The molecule has 1 heterocycles. The molecule has 2 aromatic carbocycles. The van der Waals surface area contributed by atoms with Crippen LogP contribution in [0, 0.1) is 0 Å². The van der Waals surface area contributed by atoms with Gasteiger partial charge in [0.25, 0.3) is 0 Å². The van der Waals surface area contributed by atoms with Gasteiger partial charge in [-0.05, 0) is 24.3 Å². The van der Waals surface area contributed by atoms with Crippen LogP contribution in [-0.2, 0) is 4.79 Å². The molecule has 6 nitrogen and oxygen atoms in total. The number of halogens is 3. The third kappa shape index (κ3) is 4.38.